The van der Waals surface area contributed by atoms with Gasteiger partial charge in [-0.2, -0.15) is 5.10 Å². The molecule has 2 N–H and O–H groups in total. The quantitative estimate of drug-likeness (QED) is 0.750. The van der Waals surface area contributed by atoms with Crippen molar-refractivity contribution in [2.24, 2.45) is 0 Å². The Bertz CT molecular complexity index is 938. The van der Waals surface area contributed by atoms with E-state index in [1.165, 1.54) is 18.3 Å². The third-order valence-electron chi connectivity index (χ3n) is 4.65. The van der Waals surface area contributed by atoms with Crippen LogP contribution in [0.25, 0.3) is 11.0 Å². The molecule has 7 heteroatoms. The molecule has 1 amide bonds. The van der Waals surface area contributed by atoms with Crippen LogP contribution in [0.15, 0.2) is 36.5 Å². The summed E-state index contributed by atoms with van der Waals surface area (Å²) in [5.74, 6) is -0.536. The van der Waals surface area contributed by atoms with Gasteiger partial charge < -0.3 is 10.0 Å². The number of amides is 1. The molecule has 0 aliphatic carbocycles. The Kier molecular flexibility index (Phi) is 3.73. The largest absolute Gasteiger partial charge is 0.391 e. The minimum atomic E-state index is -0.605. The van der Waals surface area contributed by atoms with E-state index in [-0.39, 0.29) is 24.3 Å². The number of nitrogens with zero attached hydrogens (tertiary/aromatic N) is 3. The number of carbonyl (C=O) groups is 1. The van der Waals surface area contributed by atoms with Gasteiger partial charge in [-0.15, -0.1) is 0 Å². The summed E-state index contributed by atoms with van der Waals surface area (Å²) in [5.41, 5.74) is 2.65. The second-order valence-electron chi connectivity index (χ2n) is 6.34. The molecular formula is C18H17FN4O2. The van der Waals surface area contributed by atoms with Gasteiger partial charge in [-0.1, -0.05) is 12.1 Å². The molecule has 0 spiro atoms. The van der Waals surface area contributed by atoms with Crippen LogP contribution in [0.2, 0.25) is 0 Å². The molecule has 25 heavy (non-hydrogen) atoms. The van der Waals surface area contributed by atoms with Crippen molar-refractivity contribution in [1.82, 2.24) is 20.1 Å². The van der Waals surface area contributed by atoms with Crippen molar-refractivity contribution >= 4 is 16.9 Å². The molecule has 0 bridgehead atoms. The minimum absolute atomic E-state index is 0.208. The maximum atomic E-state index is 13.2. The molecule has 0 unspecified atom stereocenters. The third kappa shape index (κ3) is 2.76. The monoisotopic (exact) mass is 340 g/mol. The Balaban J connectivity index is 1.68. The molecular weight excluding hydrogens is 323 g/mol. The van der Waals surface area contributed by atoms with E-state index in [9.17, 15) is 14.3 Å². The number of hydrogen-bond acceptors (Lipinski definition) is 4. The molecule has 3 heterocycles. The van der Waals surface area contributed by atoms with E-state index in [4.69, 9.17) is 0 Å². The lowest BCUT2D eigenvalue weighted by Gasteiger charge is -2.24. The zero-order valence-electron chi connectivity index (χ0n) is 13.6. The molecule has 0 radical (unpaired) electrons. The Hall–Kier alpha value is -2.80. The Morgan fingerprint density at radius 3 is 2.88 bits per heavy atom. The summed E-state index contributed by atoms with van der Waals surface area (Å²) >= 11 is 0. The fourth-order valence-corrected chi connectivity index (χ4v) is 3.35. The van der Waals surface area contributed by atoms with E-state index >= 15 is 0 Å². The number of halogens is 1. The molecule has 1 fully saturated rings. The molecule has 128 valence electrons. The van der Waals surface area contributed by atoms with Crippen LogP contribution in [-0.4, -0.2) is 43.7 Å². The summed E-state index contributed by atoms with van der Waals surface area (Å²) in [6.07, 6.45) is 1.33. The number of aliphatic hydroxyl groups excluding tert-OH is 1. The molecule has 2 atom stereocenters. The Morgan fingerprint density at radius 2 is 2.12 bits per heavy atom. The number of hydrogen-bond donors (Lipinski definition) is 2. The maximum absolute atomic E-state index is 13.2. The number of β-amino-alcohol motifs (C(OH)–C–C–N with tert-alkyl or cyclic N) is 1. The first-order valence-electron chi connectivity index (χ1n) is 8.08. The number of aromatic amines is 1. The van der Waals surface area contributed by atoms with E-state index in [1.807, 2.05) is 6.92 Å². The highest BCUT2D eigenvalue weighted by molar-refractivity contribution is 5.97. The van der Waals surface area contributed by atoms with Gasteiger partial charge >= 0.3 is 0 Å². The standard InChI is InChI=1S/C18H17FN4O2/c1-10-15-6-12(8-20-17(15)22-21-10)18(25)23-9-14(24)7-16(23)11-2-4-13(19)5-3-11/h2-6,8,14,16,24H,7,9H2,1H3,(H,20,21,22)/t14-,16-/m0/s1. The number of benzene rings is 1. The number of aryl methyl sites for hydroxylation is 1. The average molecular weight is 340 g/mol. The summed E-state index contributed by atoms with van der Waals surface area (Å²) in [4.78, 5) is 18.9. The zero-order chi connectivity index (χ0) is 17.6. The molecule has 0 saturated carbocycles. The summed E-state index contributed by atoms with van der Waals surface area (Å²) in [5, 5.41) is 17.8. The van der Waals surface area contributed by atoms with Gasteiger partial charge in [0, 0.05) is 18.1 Å². The van der Waals surface area contributed by atoms with Gasteiger partial charge in [-0.25, -0.2) is 9.37 Å². The normalized spacial score (nSPS) is 20.4. The highest BCUT2D eigenvalue weighted by Crippen LogP contribution is 2.33. The van der Waals surface area contributed by atoms with Crippen molar-refractivity contribution in [1.29, 1.82) is 0 Å². The number of nitrogens with one attached hydrogen (secondary N) is 1. The molecule has 1 aromatic carbocycles. The van der Waals surface area contributed by atoms with Crippen molar-refractivity contribution in [2.75, 3.05) is 6.54 Å². The number of aromatic nitrogens is 3. The molecule has 6 nitrogen and oxygen atoms in total. The van der Waals surface area contributed by atoms with Gasteiger partial charge in [0.25, 0.3) is 5.91 Å². The number of rotatable bonds is 2. The van der Waals surface area contributed by atoms with Crippen LogP contribution in [0.5, 0.6) is 0 Å². The number of carbonyl (C=O) groups excluding carboxylic acids is 1. The molecule has 1 aliphatic heterocycles. The van der Waals surface area contributed by atoms with E-state index in [2.05, 4.69) is 15.2 Å². The second-order valence-corrected chi connectivity index (χ2v) is 6.34. The first kappa shape index (κ1) is 15.7. The van der Waals surface area contributed by atoms with Crippen molar-refractivity contribution < 1.29 is 14.3 Å². The number of fused-ring (bicyclic) bond motifs is 1. The van der Waals surface area contributed by atoms with Crippen molar-refractivity contribution in [3.63, 3.8) is 0 Å². The van der Waals surface area contributed by atoms with Gasteiger partial charge in [0.15, 0.2) is 5.65 Å². The third-order valence-corrected chi connectivity index (χ3v) is 4.65. The molecule has 1 saturated heterocycles. The van der Waals surface area contributed by atoms with Crippen LogP contribution < -0.4 is 0 Å². The summed E-state index contributed by atoms with van der Waals surface area (Å²) in [6, 6.07) is 7.51. The molecule has 1 aliphatic rings. The maximum Gasteiger partial charge on any atom is 0.256 e. The second kappa shape index (κ2) is 5.93. The van der Waals surface area contributed by atoms with Crippen LogP contribution >= 0.6 is 0 Å². The first-order valence-corrected chi connectivity index (χ1v) is 8.08. The lowest BCUT2D eigenvalue weighted by Crippen LogP contribution is -2.31. The summed E-state index contributed by atoms with van der Waals surface area (Å²) in [7, 11) is 0. The highest BCUT2D eigenvalue weighted by Gasteiger charge is 2.36. The van der Waals surface area contributed by atoms with Gasteiger partial charge in [-0.05, 0) is 37.1 Å². The highest BCUT2D eigenvalue weighted by atomic mass is 19.1. The topological polar surface area (TPSA) is 82.1 Å². The van der Waals surface area contributed by atoms with Gasteiger partial charge in [-0.3, -0.25) is 9.89 Å². The van der Waals surface area contributed by atoms with Crippen LogP contribution in [0.1, 0.15) is 34.1 Å². The number of likely N-dealkylation sites (tertiary alicyclic amines) is 1. The summed E-state index contributed by atoms with van der Waals surface area (Å²) in [6.45, 7) is 2.08. The molecule has 3 aromatic rings. The van der Waals surface area contributed by atoms with Crippen LogP contribution in [0.4, 0.5) is 4.39 Å². The van der Waals surface area contributed by atoms with Crippen LogP contribution in [-0.2, 0) is 0 Å². The van der Waals surface area contributed by atoms with Gasteiger partial charge in [0.05, 0.1) is 23.4 Å². The van der Waals surface area contributed by atoms with Gasteiger partial charge in [0.1, 0.15) is 5.82 Å². The SMILES string of the molecule is Cc1n[nH]c2ncc(C(=O)N3C[C@@H](O)C[C@H]3c3ccc(F)cc3)cc12. The fourth-order valence-electron chi connectivity index (χ4n) is 3.35. The Morgan fingerprint density at radius 1 is 1.36 bits per heavy atom. The average Bonchev–Trinajstić information content (AvgIpc) is 3.18. The number of aliphatic hydroxyl groups is 1. The fraction of sp³-hybridized carbons (Fsp3) is 0.278. The number of pyridine rings is 1. The van der Waals surface area contributed by atoms with E-state index in [0.29, 0.717) is 17.6 Å². The Labute approximate surface area is 143 Å². The predicted octanol–water partition coefficient (Wildman–Crippen LogP) is 2.35. The predicted molar refractivity (Wildman–Crippen MR) is 89.4 cm³/mol. The lowest BCUT2D eigenvalue weighted by atomic mass is 10.0. The van der Waals surface area contributed by atoms with E-state index in [1.54, 1.807) is 23.1 Å². The minimum Gasteiger partial charge on any atom is -0.391 e. The zero-order valence-corrected chi connectivity index (χ0v) is 13.6. The summed E-state index contributed by atoms with van der Waals surface area (Å²) < 4.78 is 13.2. The van der Waals surface area contributed by atoms with E-state index in [0.717, 1.165) is 16.6 Å². The van der Waals surface area contributed by atoms with E-state index < -0.39 is 6.10 Å². The van der Waals surface area contributed by atoms with Crippen LogP contribution in [0.3, 0.4) is 0 Å². The first-order chi connectivity index (χ1) is 12.0. The van der Waals surface area contributed by atoms with Crippen molar-refractivity contribution in [3.8, 4) is 0 Å². The molecule has 4 rings (SSSR count). The molecule has 2 aromatic heterocycles. The smallest absolute Gasteiger partial charge is 0.256 e. The van der Waals surface area contributed by atoms with Gasteiger partial charge in [0.2, 0.25) is 0 Å². The van der Waals surface area contributed by atoms with Crippen molar-refractivity contribution in [2.45, 2.75) is 25.5 Å². The van der Waals surface area contributed by atoms with Crippen LogP contribution in [0, 0.1) is 12.7 Å². The number of H-pyrrole nitrogens is 1. The van der Waals surface area contributed by atoms with Crippen molar-refractivity contribution in [3.05, 3.63) is 59.2 Å². The lowest BCUT2D eigenvalue weighted by molar-refractivity contribution is 0.0715.